The minimum atomic E-state index is -3.35. The summed E-state index contributed by atoms with van der Waals surface area (Å²) in [6.45, 7) is 0.160. The van der Waals surface area contributed by atoms with E-state index in [0.717, 1.165) is 0 Å². The molecule has 2 heterocycles. The van der Waals surface area contributed by atoms with Crippen LogP contribution in [0.2, 0.25) is 0 Å². The molecule has 1 fully saturated rings. The molecule has 1 N–H and O–H groups in total. The second-order valence-electron chi connectivity index (χ2n) is 3.72. The lowest BCUT2D eigenvalue weighted by Crippen LogP contribution is -2.22. The Labute approximate surface area is 90.4 Å². The number of anilines is 1. The third kappa shape index (κ3) is 2.12. The van der Waals surface area contributed by atoms with E-state index in [-0.39, 0.29) is 6.54 Å². The number of nitrogens with zero attached hydrogens (tertiary/aromatic N) is 2. The van der Waals surface area contributed by atoms with E-state index in [4.69, 9.17) is 0 Å². The zero-order valence-corrected chi connectivity index (χ0v) is 8.61. The summed E-state index contributed by atoms with van der Waals surface area (Å²) in [4.78, 5) is 10.7. The maximum Gasteiger partial charge on any atom is 0.377 e. The minimum Gasteiger partial charge on any atom is -0.456 e. The van der Waals surface area contributed by atoms with Gasteiger partial charge < -0.3 is 10.1 Å². The molecule has 1 saturated heterocycles. The standard InChI is InChI=1S/C9H11F2N3O2/c1-14-5-6(3-13-14)12-4-7-2-9(10,11)8(15)16-7/h3,5,7,12H,2,4H2,1H3. The van der Waals surface area contributed by atoms with Crippen LogP contribution in [0.15, 0.2) is 12.4 Å². The molecular formula is C9H11F2N3O2. The van der Waals surface area contributed by atoms with Crippen LogP contribution in [0.25, 0.3) is 0 Å². The first-order chi connectivity index (χ1) is 7.47. The summed E-state index contributed by atoms with van der Waals surface area (Å²) in [5, 5.41) is 6.78. The number of carbonyl (C=O) groups is 1. The van der Waals surface area contributed by atoms with Gasteiger partial charge in [-0.1, -0.05) is 0 Å². The highest BCUT2D eigenvalue weighted by molar-refractivity contribution is 5.79. The molecule has 0 amide bonds. The van der Waals surface area contributed by atoms with Crippen molar-refractivity contribution >= 4 is 11.7 Å². The number of hydrogen-bond donors (Lipinski definition) is 1. The van der Waals surface area contributed by atoms with Crippen LogP contribution in [0.5, 0.6) is 0 Å². The highest BCUT2D eigenvalue weighted by Crippen LogP contribution is 2.30. The fourth-order valence-electron chi connectivity index (χ4n) is 1.51. The molecule has 0 spiro atoms. The number of aryl methyl sites for hydroxylation is 1. The van der Waals surface area contributed by atoms with E-state index in [1.54, 1.807) is 24.1 Å². The van der Waals surface area contributed by atoms with Gasteiger partial charge in [0.2, 0.25) is 0 Å². The van der Waals surface area contributed by atoms with Gasteiger partial charge in [0.1, 0.15) is 6.10 Å². The van der Waals surface area contributed by atoms with Crippen LogP contribution in [0.3, 0.4) is 0 Å². The summed E-state index contributed by atoms with van der Waals surface area (Å²) in [5.41, 5.74) is 0.703. The lowest BCUT2D eigenvalue weighted by molar-refractivity contribution is -0.158. The molecule has 1 aliphatic heterocycles. The van der Waals surface area contributed by atoms with Gasteiger partial charge in [0.15, 0.2) is 0 Å². The molecule has 88 valence electrons. The van der Waals surface area contributed by atoms with Gasteiger partial charge in [0.25, 0.3) is 0 Å². The topological polar surface area (TPSA) is 56.2 Å². The maximum absolute atomic E-state index is 12.8. The number of alkyl halides is 2. The first-order valence-electron chi connectivity index (χ1n) is 4.79. The molecule has 0 saturated carbocycles. The van der Waals surface area contributed by atoms with Crippen molar-refractivity contribution in [2.75, 3.05) is 11.9 Å². The van der Waals surface area contributed by atoms with E-state index in [0.29, 0.717) is 5.69 Å². The van der Waals surface area contributed by atoms with Crippen LogP contribution < -0.4 is 5.32 Å². The van der Waals surface area contributed by atoms with Crippen LogP contribution in [0.1, 0.15) is 6.42 Å². The van der Waals surface area contributed by atoms with Gasteiger partial charge in [-0.15, -0.1) is 0 Å². The average Bonchev–Trinajstić information content (AvgIpc) is 2.69. The van der Waals surface area contributed by atoms with Gasteiger partial charge in [-0.05, 0) is 0 Å². The Hall–Kier alpha value is -1.66. The second-order valence-corrected chi connectivity index (χ2v) is 3.72. The van der Waals surface area contributed by atoms with Crippen molar-refractivity contribution in [1.29, 1.82) is 0 Å². The Morgan fingerprint density at radius 3 is 3.00 bits per heavy atom. The highest BCUT2D eigenvalue weighted by Gasteiger charge is 2.50. The SMILES string of the molecule is Cn1cc(NCC2CC(F)(F)C(=O)O2)cn1. The summed E-state index contributed by atoms with van der Waals surface area (Å²) in [5.74, 6) is -4.79. The number of cyclic esters (lactones) is 1. The van der Waals surface area contributed by atoms with Gasteiger partial charge in [-0.3, -0.25) is 4.68 Å². The van der Waals surface area contributed by atoms with E-state index >= 15 is 0 Å². The second kappa shape index (κ2) is 3.73. The van der Waals surface area contributed by atoms with Crippen LogP contribution in [0.4, 0.5) is 14.5 Å². The van der Waals surface area contributed by atoms with Crippen molar-refractivity contribution in [1.82, 2.24) is 9.78 Å². The predicted molar refractivity (Wildman–Crippen MR) is 51.1 cm³/mol. The Morgan fingerprint density at radius 2 is 2.50 bits per heavy atom. The van der Waals surface area contributed by atoms with E-state index < -0.39 is 24.4 Å². The molecular weight excluding hydrogens is 220 g/mol. The number of rotatable bonds is 3. The zero-order valence-electron chi connectivity index (χ0n) is 8.61. The molecule has 0 aliphatic carbocycles. The Balaban J connectivity index is 1.86. The van der Waals surface area contributed by atoms with Crippen molar-refractivity contribution in [2.24, 2.45) is 7.05 Å². The lowest BCUT2D eigenvalue weighted by atomic mass is 10.2. The van der Waals surface area contributed by atoms with E-state index in [1.165, 1.54) is 0 Å². The Morgan fingerprint density at radius 1 is 1.75 bits per heavy atom. The first kappa shape index (κ1) is 10.8. The zero-order chi connectivity index (χ0) is 11.8. The van der Waals surface area contributed by atoms with Gasteiger partial charge >= 0.3 is 11.9 Å². The normalized spacial score (nSPS) is 23.2. The summed E-state index contributed by atoms with van der Waals surface area (Å²) in [6.07, 6.45) is 1.91. The first-order valence-corrected chi connectivity index (χ1v) is 4.79. The minimum absolute atomic E-state index is 0.160. The fourth-order valence-corrected chi connectivity index (χ4v) is 1.51. The van der Waals surface area contributed by atoms with Gasteiger partial charge in [-0.2, -0.15) is 13.9 Å². The largest absolute Gasteiger partial charge is 0.456 e. The van der Waals surface area contributed by atoms with E-state index in [9.17, 15) is 13.6 Å². The van der Waals surface area contributed by atoms with Crippen LogP contribution >= 0.6 is 0 Å². The van der Waals surface area contributed by atoms with Gasteiger partial charge in [0, 0.05) is 13.2 Å². The summed E-state index contributed by atoms with van der Waals surface area (Å²) in [6, 6.07) is 0. The molecule has 1 aromatic heterocycles. The molecule has 0 bridgehead atoms. The molecule has 0 aromatic carbocycles. The van der Waals surface area contributed by atoms with Crippen molar-refractivity contribution in [3.05, 3.63) is 12.4 Å². The molecule has 7 heteroatoms. The van der Waals surface area contributed by atoms with Crippen molar-refractivity contribution in [3.8, 4) is 0 Å². The van der Waals surface area contributed by atoms with Crippen LogP contribution in [-0.4, -0.2) is 34.3 Å². The summed E-state index contributed by atoms with van der Waals surface area (Å²) in [7, 11) is 1.74. The predicted octanol–water partition coefficient (Wildman–Crippen LogP) is 0.783. The third-order valence-electron chi connectivity index (χ3n) is 2.30. The lowest BCUT2D eigenvalue weighted by Gasteiger charge is -2.08. The smallest absolute Gasteiger partial charge is 0.377 e. The number of halogens is 2. The summed E-state index contributed by atoms with van der Waals surface area (Å²) >= 11 is 0. The average molecular weight is 231 g/mol. The van der Waals surface area contributed by atoms with Gasteiger partial charge in [-0.25, -0.2) is 4.79 Å². The Kier molecular flexibility index (Phi) is 2.53. The number of hydrogen-bond acceptors (Lipinski definition) is 4. The highest BCUT2D eigenvalue weighted by atomic mass is 19.3. The van der Waals surface area contributed by atoms with E-state index in [2.05, 4.69) is 15.2 Å². The van der Waals surface area contributed by atoms with Gasteiger partial charge in [0.05, 0.1) is 24.8 Å². The number of aromatic nitrogens is 2. The number of esters is 1. The van der Waals surface area contributed by atoms with Crippen molar-refractivity contribution < 1.29 is 18.3 Å². The third-order valence-corrected chi connectivity index (χ3v) is 2.30. The molecule has 2 rings (SSSR count). The molecule has 0 radical (unpaired) electrons. The quantitative estimate of drug-likeness (QED) is 0.781. The number of carbonyl (C=O) groups excluding carboxylic acids is 1. The Bertz CT molecular complexity index is 405. The van der Waals surface area contributed by atoms with Crippen LogP contribution in [-0.2, 0) is 16.6 Å². The molecule has 1 aromatic rings. The fraction of sp³-hybridized carbons (Fsp3) is 0.556. The molecule has 5 nitrogen and oxygen atoms in total. The molecule has 1 unspecified atom stereocenters. The molecule has 1 atom stereocenters. The maximum atomic E-state index is 12.8. The van der Waals surface area contributed by atoms with Crippen molar-refractivity contribution in [3.63, 3.8) is 0 Å². The number of nitrogens with one attached hydrogen (secondary N) is 1. The molecule has 1 aliphatic rings. The summed E-state index contributed by atoms with van der Waals surface area (Å²) < 4.78 is 31.7. The number of ether oxygens (including phenoxy) is 1. The molecule has 16 heavy (non-hydrogen) atoms. The van der Waals surface area contributed by atoms with Crippen molar-refractivity contribution in [2.45, 2.75) is 18.4 Å². The monoisotopic (exact) mass is 231 g/mol. The van der Waals surface area contributed by atoms with Crippen LogP contribution in [0, 0.1) is 0 Å². The van der Waals surface area contributed by atoms with E-state index in [1.807, 2.05) is 0 Å².